The summed E-state index contributed by atoms with van der Waals surface area (Å²) in [6.45, 7) is -0.120. The number of ether oxygens (including phenoxy) is 1. The van der Waals surface area contributed by atoms with E-state index in [4.69, 9.17) is 9.84 Å². The number of thiazole rings is 1. The highest BCUT2D eigenvalue weighted by atomic mass is 32.2. The van der Waals surface area contributed by atoms with Crippen LogP contribution in [0.3, 0.4) is 0 Å². The fourth-order valence-corrected chi connectivity index (χ4v) is 4.04. The lowest BCUT2D eigenvalue weighted by Gasteiger charge is -2.01. The van der Waals surface area contributed by atoms with Crippen molar-refractivity contribution in [2.24, 2.45) is 0 Å². The van der Waals surface area contributed by atoms with Crippen molar-refractivity contribution in [3.8, 4) is 17.0 Å². The van der Waals surface area contributed by atoms with Gasteiger partial charge < -0.3 is 9.84 Å². The van der Waals surface area contributed by atoms with Gasteiger partial charge in [-0.15, -0.1) is 11.3 Å². The Kier molecular flexibility index (Phi) is 7.29. The summed E-state index contributed by atoms with van der Waals surface area (Å²) in [6.07, 6.45) is 3.10. The Morgan fingerprint density at radius 3 is 2.59 bits per heavy atom. The van der Waals surface area contributed by atoms with Crippen molar-refractivity contribution in [1.82, 2.24) is 4.98 Å². The van der Waals surface area contributed by atoms with E-state index >= 15 is 0 Å². The number of aromatic nitrogens is 1. The number of benzene rings is 2. The smallest absolute Gasteiger partial charge is 0.250 e. The lowest BCUT2D eigenvalue weighted by molar-refractivity contribution is -0.111. The molecule has 150 valence electrons. The number of carbonyl (C=O) groups is 1. The van der Waals surface area contributed by atoms with Gasteiger partial charge in [-0.1, -0.05) is 12.1 Å². The number of hydrogen-bond acceptors (Lipinski definition) is 6. The number of carbonyl (C=O) groups excluding carboxylic acids is 1. The largest absolute Gasteiger partial charge is 0.497 e. The van der Waals surface area contributed by atoms with E-state index in [1.54, 1.807) is 37.5 Å². The predicted octanol–water partition coefficient (Wildman–Crippen LogP) is 3.57. The van der Waals surface area contributed by atoms with Gasteiger partial charge in [0.05, 0.1) is 36.0 Å². The first kappa shape index (κ1) is 20.9. The van der Waals surface area contributed by atoms with Crippen molar-refractivity contribution in [3.05, 3.63) is 65.6 Å². The molecule has 8 heteroatoms. The minimum atomic E-state index is -1.21. The van der Waals surface area contributed by atoms with Gasteiger partial charge in [-0.25, -0.2) is 4.98 Å². The quantitative estimate of drug-likeness (QED) is 0.536. The Hall–Kier alpha value is -2.81. The third-order valence-electron chi connectivity index (χ3n) is 3.97. The number of aliphatic hydroxyl groups is 1. The third-order valence-corrected chi connectivity index (χ3v) is 6.08. The fourth-order valence-electron chi connectivity index (χ4n) is 2.48. The number of amides is 1. The van der Waals surface area contributed by atoms with Crippen LogP contribution in [0.25, 0.3) is 17.3 Å². The van der Waals surface area contributed by atoms with Crippen LogP contribution in [-0.2, 0) is 15.6 Å². The predicted molar refractivity (Wildman–Crippen MR) is 117 cm³/mol. The molecule has 1 unspecified atom stereocenters. The summed E-state index contributed by atoms with van der Waals surface area (Å²) in [5, 5.41) is 14.0. The van der Waals surface area contributed by atoms with Crippen molar-refractivity contribution < 1.29 is 18.8 Å². The molecule has 2 N–H and O–H groups in total. The summed E-state index contributed by atoms with van der Waals surface area (Å²) in [6, 6.07) is 14.6. The number of anilines is 1. The highest BCUT2D eigenvalue weighted by Gasteiger charge is 2.07. The highest BCUT2D eigenvalue weighted by Crippen LogP contribution is 2.26. The first-order chi connectivity index (χ1) is 14.1. The number of methoxy groups -OCH3 is 1. The molecule has 29 heavy (non-hydrogen) atoms. The fraction of sp³-hybridized carbons (Fsp3) is 0.143. The topological polar surface area (TPSA) is 88.5 Å². The minimum absolute atomic E-state index is 0.120. The first-order valence-corrected chi connectivity index (χ1v) is 11.0. The van der Waals surface area contributed by atoms with E-state index in [2.05, 4.69) is 10.3 Å². The normalized spacial score (nSPS) is 12.1. The maximum Gasteiger partial charge on any atom is 0.250 e. The Balaban J connectivity index is 1.59. The average Bonchev–Trinajstić information content (AvgIpc) is 3.21. The molecule has 2 aromatic carbocycles. The van der Waals surface area contributed by atoms with Crippen molar-refractivity contribution in [3.63, 3.8) is 0 Å². The van der Waals surface area contributed by atoms with Crippen LogP contribution in [0.15, 0.2) is 64.9 Å². The second-order valence-electron chi connectivity index (χ2n) is 5.93. The van der Waals surface area contributed by atoms with E-state index in [9.17, 15) is 9.00 Å². The van der Waals surface area contributed by atoms with Gasteiger partial charge in [0.15, 0.2) is 5.13 Å². The van der Waals surface area contributed by atoms with Gasteiger partial charge in [-0.3, -0.25) is 14.3 Å². The van der Waals surface area contributed by atoms with Crippen molar-refractivity contribution >= 4 is 39.3 Å². The first-order valence-electron chi connectivity index (χ1n) is 8.77. The summed E-state index contributed by atoms with van der Waals surface area (Å²) in [5.41, 5.74) is 2.53. The van der Waals surface area contributed by atoms with Gasteiger partial charge in [0, 0.05) is 21.9 Å². The van der Waals surface area contributed by atoms with Crippen LogP contribution in [0.5, 0.6) is 5.75 Å². The maximum absolute atomic E-state index is 12.2. The Labute approximate surface area is 175 Å². The Bertz CT molecular complexity index is 1010. The van der Waals surface area contributed by atoms with Crippen LogP contribution in [0.2, 0.25) is 0 Å². The zero-order valence-corrected chi connectivity index (χ0v) is 17.3. The molecule has 3 rings (SSSR count). The monoisotopic (exact) mass is 428 g/mol. The molecule has 1 amide bonds. The van der Waals surface area contributed by atoms with Crippen LogP contribution in [-0.4, -0.2) is 39.7 Å². The molecule has 0 bridgehead atoms. The summed E-state index contributed by atoms with van der Waals surface area (Å²) in [7, 11) is 0.403. The molecule has 0 aliphatic heterocycles. The number of nitrogens with one attached hydrogen (secondary N) is 1. The molecule has 1 atom stereocenters. The third kappa shape index (κ3) is 5.83. The van der Waals surface area contributed by atoms with Crippen molar-refractivity contribution in [2.75, 3.05) is 24.8 Å². The van der Waals surface area contributed by atoms with Gasteiger partial charge in [0.2, 0.25) is 5.91 Å². The van der Waals surface area contributed by atoms with Gasteiger partial charge >= 0.3 is 0 Å². The molecule has 3 aromatic rings. The molecule has 1 aromatic heterocycles. The average molecular weight is 429 g/mol. The standard InChI is InChI=1S/C21H20N2O4S2/c1-27-17-7-5-16(6-8-17)19-14-28-21(22-19)23-20(25)11-4-15-2-9-18(10-3-15)29(26)13-12-24/h2-11,14,24H,12-13H2,1H3,(H,22,23,25)/b11-4+. The van der Waals surface area contributed by atoms with E-state index < -0.39 is 10.8 Å². The van der Waals surface area contributed by atoms with E-state index in [0.717, 1.165) is 22.6 Å². The number of aliphatic hydroxyl groups excluding tert-OH is 1. The molecule has 0 saturated heterocycles. The molecule has 0 saturated carbocycles. The van der Waals surface area contributed by atoms with Gasteiger partial charge in [-0.05, 0) is 48.0 Å². The van der Waals surface area contributed by atoms with Crippen LogP contribution >= 0.6 is 11.3 Å². The molecule has 0 aliphatic rings. The van der Waals surface area contributed by atoms with E-state index in [1.807, 2.05) is 29.6 Å². The highest BCUT2D eigenvalue weighted by molar-refractivity contribution is 7.85. The van der Waals surface area contributed by atoms with E-state index in [1.165, 1.54) is 17.4 Å². The SMILES string of the molecule is COc1ccc(-c2csc(NC(=O)/C=C/c3ccc(S(=O)CCO)cc3)n2)cc1. The van der Waals surface area contributed by atoms with Crippen LogP contribution in [0.1, 0.15) is 5.56 Å². The molecule has 0 fully saturated rings. The van der Waals surface area contributed by atoms with Crippen LogP contribution in [0.4, 0.5) is 5.13 Å². The maximum atomic E-state index is 12.2. The van der Waals surface area contributed by atoms with Gasteiger partial charge in [0.1, 0.15) is 5.75 Å². The molecule has 1 heterocycles. The number of hydrogen-bond donors (Lipinski definition) is 2. The lowest BCUT2D eigenvalue weighted by Crippen LogP contribution is -2.07. The second kappa shape index (κ2) is 10.1. The summed E-state index contributed by atoms with van der Waals surface area (Å²) >= 11 is 1.35. The minimum Gasteiger partial charge on any atom is -0.497 e. The molecule has 0 aliphatic carbocycles. The zero-order valence-electron chi connectivity index (χ0n) is 15.7. The number of rotatable bonds is 8. The second-order valence-corrected chi connectivity index (χ2v) is 8.36. The Morgan fingerprint density at radius 2 is 1.93 bits per heavy atom. The summed E-state index contributed by atoms with van der Waals surface area (Å²) in [5.74, 6) is 0.702. The van der Waals surface area contributed by atoms with Crippen LogP contribution < -0.4 is 10.1 Å². The van der Waals surface area contributed by atoms with Gasteiger partial charge in [0.25, 0.3) is 0 Å². The zero-order chi connectivity index (χ0) is 20.6. The summed E-state index contributed by atoms with van der Waals surface area (Å²) in [4.78, 5) is 17.2. The van der Waals surface area contributed by atoms with Crippen molar-refractivity contribution in [2.45, 2.75) is 4.90 Å². The molecular formula is C21H20N2O4S2. The summed E-state index contributed by atoms with van der Waals surface area (Å²) < 4.78 is 17.0. The number of nitrogens with zero attached hydrogens (tertiary/aromatic N) is 1. The Morgan fingerprint density at radius 1 is 1.21 bits per heavy atom. The van der Waals surface area contributed by atoms with Gasteiger partial charge in [-0.2, -0.15) is 0 Å². The van der Waals surface area contributed by atoms with Crippen molar-refractivity contribution in [1.29, 1.82) is 0 Å². The van der Waals surface area contributed by atoms with Crippen LogP contribution in [0, 0.1) is 0 Å². The molecule has 0 spiro atoms. The molecular weight excluding hydrogens is 408 g/mol. The molecule has 0 radical (unpaired) electrons. The van der Waals surface area contributed by atoms with E-state index in [0.29, 0.717) is 10.0 Å². The molecule has 6 nitrogen and oxygen atoms in total. The lowest BCUT2D eigenvalue weighted by atomic mass is 10.2. The van der Waals surface area contributed by atoms with E-state index in [-0.39, 0.29) is 18.3 Å².